The Morgan fingerprint density at radius 1 is 1.80 bits per heavy atom. The predicted octanol–water partition coefficient (Wildman–Crippen LogP) is 0.591. The van der Waals surface area contributed by atoms with Crippen molar-refractivity contribution in [1.82, 2.24) is 5.73 Å². The number of hydrogen-bond donors (Lipinski definition) is 1. The Morgan fingerprint density at radius 3 is 2.90 bits per heavy atom. The highest BCUT2D eigenvalue weighted by molar-refractivity contribution is 7.08. The lowest BCUT2D eigenvalue weighted by atomic mass is 10.2. The van der Waals surface area contributed by atoms with E-state index in [4.69, 9.17) is 10.8 Å². The third-order valence-corrected chi connectivity index (χ3v) is 1.81. The molecule has 0 fully saturated rings. The van der Waals surface area contributed by atoms with Crippen molar-refractivity contribution < 1.29 is 9.90 Å². The topological polar surface area (TPSA) is 61.1 Å². The summed E-state index contributed by atoms with van der Waals surface area (Å²) in [4.78, 5) is 10.3. The van der Waals surface area contributed by atoms with Crippen LogP contribution in [0.25, 0.3) is 0 Å². The number of rotatable bonds is 2. The van der Waals surface area contributed by atoms with E-state index < -0.39 is 12.0 Å². The van der Waals surface area contributed by atoms with E-state index in [0.717, 1.165) is 0 Å². The Labute approximate surface area is 62.1 Å². The third kappa shape index (κ3) is 1.34. The molecule has 1 aromatic rings. The minimum atomic E-state index is -1.26. The van der Waals surface area contributed by atoms with Crippen molar-refractivity contribution >= 4 is 17.2 Å². The largest absolute Gasteiger partial charge is 0.378 e. The van der Waals surface area contributed by atoms with Crippen molar-refractivity contribution in [3.05, 3.63) is 22.4 Å². The summed E-state index contributed by atoms with van der Waals surface area (Å²) in [6.45, 7) is 0. The van der Waals surface area contributed by atoms with Crippen molar-refractivity contribution in [3.63, 3.8) is 0 Å². The zero-order valence-electron chi connectivity index (χ0n) is 5.07. The summed E-state index contributed by atoms with van der Waals surface area (Å²) in [7, 11) is 0. The number of aliphatic hydroxyl groups excluding tert-OH is 1. The van der Waals surface area contributed by atoms with Gasteiger partial charge in [0.25, 0.3) is 5.91 Å². The minimum Gasteiger partial charge on any atom is -0.378 e. The smallest absolute Gasteiger partial charge is 0.271 e. The van der Waals surface area contributed by atoms with Crippen molar-refractivity contribution in [2.24, 2.45) is 0 Å². The third-order valence-electron chi connectivity index (χ3n) is 1.11. The summed E-state index contributed by atoms with van der Waals surface area (Å²) >= 11 is 1.39. The lowest BCUT2D eigenvalue weighted by molar-refractivity contribution is -0.126. The van der Waals surface area contributed by atoms with Gasteiger partial charge in [-0.05, 0) is 16.8 Å². The van der Waals surface area contributed by atoms with Crippen LogP contribution in [-0.2, 0) is 4.79 Å². The van der Waals surface area contributed by atoms with Crippen molar-refractivity contribution in [1.29, 1.82) is 0 Å². The van der Waals surface area contributed by atoms with E-state index in [-0.39, 0.29) is 0 Å². The molecule has 0 aliphatic carbocycles. The predicted molar refractivity (Wildman–Crippen MR) is 37.4 cm³/mol. The van der Waals surface area contributed by atoms with Gasteiger partial charge in [-0.3, -0.25) is 10.5 Å². The quantitative estimate of drug-likeness (QED) is 0.681. The number of nitrogens with one attached hydrogen (secondary N) is 1. The van der Waals surface area contributed by atoms with Crippen LogP contribution >= 0.6 is 11.3 Å². The zero-order chi connectivity index (χ0) is 7.56. The van der Waals surface area contributed by atoms with Crippen LogP contribution in [0.5, 0.6) is 0 Å². The van der Waals surface area contributed by atoms with Gasteiger partial charge in [0.2, 0.25) is 0 Å². The van der Waals surface area contributed by atoms with Gasteiger partial charge in [0.1, 0.15) is 0 Å². The molecule has 10 heavy (non-hydrogen) atoms. The molecule has 4 heteroatoms. The minimum absolute atomic E-state index is 0.505. The summed E-state index contributed by atoms with van der Waals surface area (Å²) < 4.78 is 0. The molecule has 0 aliphatic rings. The van der Waals surface area contributed by atoms with E-state index in [1.165, 1.54) is 11.3 Å². The lowest BCUT2D eigenvalue weighted by Crippen LogP contribution is -2.10. The maximum absolute atomic E-state index is 10.3. The van der Waals surface area contributed by atoms with Crippen LogP contribution in [0.15, 0.2) is 16.8 Å². The second kappa shape index (κ2) is 2.81. The fourth-order valence-electron chi connectivity index (χ4n) is 0.582. The molecule has 0 saturated carbocycles. The summed E-state index contributed by atoms with van der Waals surface area (Å²) in [5.41, 5.74) is 7.08. The molecule has 1 atom stereocenters. The first kappa shape index (κ1) is 7.24. The number of hydrogen-bond acceptors (Lipinski definition) is 3. The molecule has 53 valence electrons. The van der Waals surface area contributed by atoms with Crippen LogP contribution in [0.1, 0.15) is 11.7 Å². The molecule has 1 unspecified atom stereocenters. The highest BCUT2D eigenvalue weighted by Crippen LogP contribution is 2.15. The number of carbonyl (C=O) groups is 1. The van der Waals surface area contributed by atoms with Gasteiger partial charge < -0.3 is 5.11 Å². The molecule has 0 aliphatic heterocycles. The Kier molecular flexibility index (Phi) is 2.03. The first-order valence-electron chi connectivity index (χ1n) is 2.67. The maximum Gasteiger partial charge on any atom is 0.271 e. The van der Waals surface area contributed by atoms with Crippen LogP contribution in [0.3, 0.4) is 0 Å². The van der Waals surface area contributed by atoms with Crippen molar-refractivity contribution in [2.75, 3.05) is 0 Å². The van der Waals surface area contributed by atoms with Crippen LogP contribution in [0, 0.1) is 0 Å². The van der Waals surface area contributed by atoms with Gasteiger partial charge in [-0.2, -0.15) is 11.3 Å². The van der Waals surface area contributed by atoms with E-state index in [0.29, 0.717) is 5.56 Å². The molecule has 0 bridgehead atoms. The normalized spacial score (nSPS) is 12.9. The molecular formula is C6H6NO2S. The van der Waals surface area contributed by atoms with E-state index >= 15 is 0 Å². The van der Waals surface area contributed by atoms with Gasteiger partial charge in [-0.25, -0.2) is 0 Å². The molecule has 3 nitrogen and oxygen atoms in total. The molecule has 0 saturated heterocycles. The second-order valence-electron chi connectivity index (χ2n) is 1.82. The molecule has 2 N–H and O–H groups in total. The molecule has 1 heterocycles. The number of aliphatic hydroxyl groups is 1. The zero-order valence-corrected chi connectivity index (χ0v) is 5.89. The fourth-order valence-corrected chi connectivity index (χ4v) is 1.26. The fraction of sp³-hybridized carbons (Fsp3) is 0.167. The van der Waals surface area contributed by atoms with Crippen LogP contribution < -0.4 is 5.73 Å². The number of thiophene rings is 1. The van der Waals surface area contributed by atoms with Crippen LogP contribution in [0.4, 0.5) is 0 Å². The molecule has 0 aromatic carbocycles. The summed E-state index contributed by atoms with van der Waals surface area (Å²) in [5.74, 6) is -0.960. The van der Waals surface area contributed by atoms with E-state index in [1.54, 1.807) is 16.8 Å². The first-order valence-corrected chi connectivity index (χ1v) is 3.61. The average Bonchev–Trinajstić information content (AvgIpc) is 2.36. The average molecular weight is 156 g/mol. The SMILES string of the molecule is [NH]C(=O)C(O)c1ccsc1. The lowest BCUT2D eigenvalue weighted by Gasteiger charge is -1.99. The molecule has 1 radical (unpaired) electrons. The Balaban J connectivity index is 2.77. The highest BCUT2D eigenvalue weighted by Gasteiger charge is 2.13. The molecule has 0 spiro atoms. The Bertz CT molecular complexity index is 220. The second-order valence-corrected chi connectivity index (χ2v) is 2.60. The highest BCUT2D eigenvalue weighted by atomic mass is 32.1. The van der Waals surface area contributed by atoms with Crippen LogP contribution in [0.2, 0.25) is 0 Å². The van der Waals surface area contributed by atoms with E-state index in [1.807, 2.05) is 0 Å². The standard InChI is InChI=1S/C6H6NO2S/c7-6(9)5(8)4-1-2-10-3-4/h1-3,5,7-8H. The van der Waals surface area contributed by atoms with Gasteiger partial charge in [0, 0.05) is 5.56 Å². The Hall–Kier alpha value is -0.870. The van der Waals surface area contributed by atoms with Gasteiger partial charge >= 0.3 is 0 Å². The molecule has 1 amide bonds. The van der Waals surface area contributed by atoms with Gasteiger partial charge in [0.15, 0.2) is 6.10 Å². The van der Waals surface area contributed by atoms with Crippen LogP contribution in [-0.4, -0.2) is 11.0 Å². The summed E-state index contributed by atoms with van der Waals surface area (Å²) in [5, 5.41) is 12.4. The Morgan fingerprint density at radius 2 is 2.50 bits per heavy atom. The molecular weight excluding hydrogens is 150 g/mol. The van der Waals surface area contributed by atoms with E-state index in [2.05, 4.69) is 0 Å². The summed E-state index contributed by atoms with van der Waals surface area (Å²) in [6.07, 6.45) is -1.26. The van der Waals surface area contributed by atoms with Gasteiger partial charge in [-0.15, -0.1) is 0 Å². The van der Waals surface area contributed by atoms with E-state index in [9.17, 15) is 4.79 Å². The summed E-state index contributed by atoms with van der Waals surface area (Å²) in [6, 6.07) is 1.63. The number of carbonyl (C=O) groups excluding carboxylic acids is 1. The van der Waals surface area contributed by atoms with Gasteiger partial charge in [0.05, 0.1) is 0 Å². The maximum atomic E-state index is 10.3. The van der Waals surface area contributed by atoms with Gasteiger partial charge in [-0.1, -0.05) is 0 Å². The first-order chi connectivity index (χ1) is 4.72. The number of amides is 1. The van der Waals surface area contributed by atoms with Crippen molar-refractivity contribution in [2.45, 2.75) is 6.10 Å². The van der Waals surface area contributed by atoms with Crippen molar-refractivity contribution in [3.8, 4) is 0 Å². The monoisotopic (exact) mass is 156 g/mol. The molecule has 1 aromatic heterocycles. The molecule has 1 rings (SSSR count).